The maximum atomic E-state index is 14.3. The molecule has 0 bridgehead atoms. The first-order valence-electron chi connectivity index (χ1n) is 20.2. The van der Waals surface area contributed by atoms with Crippen LogP contribution in [-0.4, -0.2) is 103 Å². The zero-order valence-electron chi connectivity index (χ0n) is 34.5. The van der Waals surface area contributed by atoms with Crippen LogP contribution in [0.2, 0.25) is 0 Å². The van der Waals surface area contributed by atoms with Gasteiger partial charge in [0.1, 0.15) is 0 Å². The van der Waals surface area contributed by atoms with Gasteiger partial charge in [0, 0.05) is 52.4 Å². The third-order valence-electron chi connectivity index (χ3n) is 10.7. The van der Waals surface area contributed by atoms with E-state index in [1.54, 1.807) is 72.8 Å². The Bertz CT molecular complexity index is 2250. The lowest BCUT2D eigenvalue weighted by Crippen LogP contribution is -2.44. The van der Waals surface area contributed by atoms with Gasteiger partial charge in [-0.05, 0) is 95.5 Å². The molecule has 0 unspecified atom stereocenters. The van der Waals surface area contributed by atoms with Crippen molar-refractivity contribution in [2.75, 3.05) is 52.4 Å². The third-order valence-corrected chi connectivity index (χ3v) is 18.4. The lowest BCUT2D eigenvalue weighted by atomic mass is 10.1. The molecule has 0 N–H and O–H groups in total. The second-order valence-electron chi connectivity index (χ2n) is 15.3. The van der Waals surface area contributed by atoms with E-state index in [9.17, 15) is 33.7 Å². The second-order valence-corrected chi connectivity index (χ2v) is 23.1. The Balaban J connectivity index is 1.51. The van der Waals surface area contributed by atoms with Crippen LogP contribution in [0.5, 0.6) is 0 Å². The van der Waals surface area contributed by atoms with Crippen LogP contribution in [0.3, 0.4) is 0 Å². The summed E-state index contributed by atoms with van der Waals surface area (Å²) in [5.74, 6) is 0. The summed E-state index contributed by atoms with van der Waals surface area (Å²) in [6.45, 7) is 6.98. The standard InChI is InChI=1S/C43H58N4O8S4/c1-36-12-20-40(21-13-36)56(48,49)44-28-9-7-5-6-8-10-29-45(57(50,51)41-22-14-37(2)15-23-41)33-35-47(59(54,55)43-26-18-39(4)19-27-43)31-11-30-46(34-32-44)58(52,53)42-24-16-38(3)17-25-42/h12-27H,5-11,28-35H2,1-4H3. The van der Waals surface area contributed by atoms with Gasteiger partial charge in [0.2, 0.25) is 40.1 Å². The van der Waals surface area contributed by atoms with Gasteiger partial charge in [-0.2, -0.15) is 17.2 Å². The van der Waals surface area contributed by atoms with Gasteiger partial charge in [0.25, 0.3) is 0 Å². The van der Waals surface area contributed by atoms with Crippen LogP contribution in [0.25, 0.3) is 0 Å². The number of rotatable bonds is 8. The van der Waals surface area contributed by atoms with Crippen LogP contribution in [0.4, 0.5) is 0 Å². The highest BCUT2D eigenvalue weighted by molar-refractivity contribution is 7.90. The van der Waals surface area contributed by atoms with Gasteiger partial charge in [-0.1, -0.05) is 96.5 Å². The SMILES string of the molecule is Cc1ccc(S(=O)(=O)N2CCCCCCCCN(S(=O)(=O)c3ccc(C)cc3)CCN(S(=O)(=O)c3ccc(C)cc3)CCCN(S(=O)(=O)c3ccc(C)cc3)CC2)cc1. The molecule has 4 aromatic rings. The highest BCUT2D eigenvalue weighted by Gasteiger charge is 2.32. The summed E-state index contributed by atoms with van der Waals surface area (Å²) in [4.78, 5) is 0.319. The van der Waals surface area contributed by atoms with Crippen molar-refractivity contribution < 1.29 is 33.7 Å². The average Bonchev–Trinajstić information content (AvgIpc) is 3.19. The topological polar surface area (TPSA) is 150 Å². The molecule has 0 amide bonds. The molecule has 1 heterocycles. The quantitative estimate of drug-likeness (QED) is 0.189. The molecule has 16 heteroatoms. The van der Waals surface area contributed by atoms with Crippen LogP contribution in [0, 0.1) is 27.7 Å². The maximum absolute atomic E-state index is 14.3. The highest BCUT2D eigenvalue weighted by Crippen LogP contribution is 2.24. The summed E-state index contributed by atoms with van der Waals surface area (Å²) in [5, 5.41) is 0. The normalized spacial score (nSPS) is 18.1. The first-order valence-corrected chi connectivity index (χ1v) is 26.0. The number of aryl methyl sites for hydroxylation is 4. The number of hydrogen-bond acceptors (Lipinski definition) is 8. The van der Waals surface area contributed by atoms with E-state index in [0.29, 0.717) is 12.8 Å². The molecule has 59 heavy (non-hydrogen) atoms. The minimum atomic E-state index is -4.17. The molecule has 0 spiro atoms. The molecule has 12 nitrogen and oxygen atoms in total. The summed E-state index contributed by atoms with van der Waals surface area (Å²) in [7, 11) is -16.3. The monoisotopic (exact) mass is 886 g/mol. The number of benzene rings is 4. The maximum Gasteiger partial charge on any atom is 0.243 e. The fourth-order valence-electron chi connectivity index (χ4n) is 7.00. The number of sulfonamides is 4. The molecule has 0 atom stereocenters. The summed E-state index contributed by atoms with van der Waals surface area (Å²) in [6.07, 6.45) is 4.18. The molecular formula is C43H58N4O8S4. The van der Waals surface area contributed by atoms with Crippen LogP contribution < -0.4 is 0 Å². The molecule has 1 aliphatic heterocycles. The predicted octanol–water partition coefficient (Wildman–Crippen LogP) is 6.73. The van der Waals surface area contributed by atoms with Gasteiger partial charge in [-0.15, -0.1) is 0 Å². The van der Waals surface area contributed by atoms with Gasteiger partial charge in [-0.25, -0.2) is 33.7 Å². The van der Waals surface area contributed by atoms with E-state index in [1.165, 1.54) is 41.5 Å². The summed E-state index contributed by atoms with van der Waals surface area (Å²) in [5.41, 5.74) is 3.55. The Morgan fingerprint density at radius 3 is 0.678 bits per heavy atom. The van der Waals surface area contributed by atoms with E-state index < -0.39 is 40.1 Å². The Labute approximate surface area is 353 Å². The first kappa shape index (κ1) is 46.6. The molecule has 0 radical (unpaired) electrons. The van der Waals surface area contributed by atoms with E-state index >= 15 is 0 Å². The van der Waals surface area contributed by atoms with Crippen LogP contribution in [-0.2, 0) is 40.1 Å². The molecule has 5 rings (SSSR count). The third kappa shape index (κ3) is 12.1. The Hall–Kier alpha value is -3.48. The van der Waals surface area contributed by atoms with Crippen molar-refractivity contribution in [1.82, 2.24) is 17.2 Å². The smallest absolute Gasteiger partial charge is 0.207 e. The van der Waals surface area contributed by atoms with Crippen molar-refractivity contribution in [3.05, 3.63) is 119 Å². The largest absolute Gasteiger partial charge is 0.243 e. The fourth-order valence-corrected chi connectivity index (χ4v) is 12.9. The Morgan fingerprint density at radius 2 is 0.458 bits per heavy atom. The lowest BCUT2D eigenvalue weighted by Gasteiger charge is -2.29. The molecule has 0 aromatic heterocycles. The highest BCUT2D eigenvalue weighted by atomic mass is 32.2. The minimum absolute atomic E-state index is 0.0375. The van der Waals surface area contributed by atoms with E-state index in [4.69, 9.17) is 0 Å². The van der Waals surface area contributed by atoms with Crippen molar-refractivity contribution in [3.63, 3.8) is 0 Å². The lowest BCUT2D eigenvalue weighted by molar-refractivity contribution is 0.312. The average molecular weight is 887 g/mol. The minimum Gasteiger partial charge on any atom is -0.207 e. The molecule has 0 aliphatic carbocycles. The predicted molar refractivity (Wildman–Crippen MR) is 232 cm³/mol. The second kappa shape index (κ2) is 20.4. The molecule has 0 saturated carbocycles. The van der Waals surface area contributed by atoms with E-state index in [2.05, 4.69) is 0 Å². The Morgan fingerprint density at radius 1 is 0.271 bits per heavy atom. The molecule has 1 fully saturated rings. The number of nitrogens with zero attached hydrogens (tertiary/aromatic N) is 4. The van der Waals surface area contributed by atoms with Crippen molar-refractivity contribution in [2.45, 2.75) is 92.2 Å². The fraction of sp³-hybridized carbons (Fsp3) is 0.442. The zero-order chi connectivity index (χ0) is 42.8. The van der Waals surface area contributed by atoms with Crippen LogP contribution in [0.15, 0.2) is 117 Å². The van der Waals surface area contributed by atoms with Gasteiger partial charge >= 0.3 is 0 Å². The van der Waals surface area contributed by atoms with E-state index in [1.807, 2.05) is 27.7 Å². The van der Waals surface area contributed by atoms with E-state index in [0.717, 1.165) is 47.9 Å². The molecule has 4 aromatic carbocycles. The van der Waals surface area contributed by atoms with E-state index in [-0.39, 0.29) is 78.4 Å². The van der Waals surface area contributed by atoms with Gasteiger partial charge < -0.3 is 0 Å². The zero-order valence-corrected chi connectivity index (χ0v) is 37.8. The van der Waals surface area contributed by atoms with Gasteiger partial charge in [0.05, 0.1) is 19.6 Å². The molecule has 1 aliphatic rings. The molecular weight excluding hydrogens is 829 g/mol. The summed E-state index contributed by atoms with van der Waals surface area (Å²) in [6, 6.07) is 26.0. The van der Waals surface area contributed by atoms with Crippen molar-refractivity contribution in [3.8, 4) is 0 Å². The molecule has 1 saturated heterocycles. The van der Waals surface area contributed by atoms with Crippen molar-refractivity contribution in [2.24, 2.45) is 0 Å². The Kier molecular flexibility index (Phi) is 16.1. The van der Waals surface area contributed by atoms with Crippen molar-refractivity contribution >= 4 is 40.1 Å². The van der Waals surface area contributed by atoms with Gasteiger partial charge in [0.15, 0.2) is 0 Å². The van der Waals surface area contributed by atoms with Crippen LogP contribution >= 0.6 is 0 Å². The number of hydrogen-bond donors (Lipinski definition) is 0. The van der Waals surface area contributed by atoms with Crippen molar-refractivity contribution in [1.29, 1.82) is 0 Å². The first-order chi connectivity index (χ1) is 27.9. The summed E-state index contributed by atoms with van der Waals surface area (Å²) >= 11 is 0. The van der Waals surface area contributed by atoms with Crippen LogP contribution in [0.1, 0.15) is 67.2 Å². The summed E-state index contributed by atoms with van der Waals surface area (Å²) < 4.78 is 119. The molecule has 322 valence electrons. The van der Waals surface area contributed by atoms with Gasteiger partial charge in [-0.3, -0.25) is 0 Å².